The van der Waals surface area contributed by atoms with Crippen LogP contribution in [0, 0.1) is 18.8 Å². The Balaban J connectivity index is 0.000000413. The minimum Gasteiger partial charge on any atom is -0.492 e. The molecule has 1 heterocycles. The van der Waals surface area contributed by atoms with Gasteiger partial charge < -0.3 is 14.9 Å². The number of benzene rings is 1. The van der Waals surface area contributed by atoms with Gasteiger partial charge in [-0.2, -0.15) is 0 Å². The van der Waals surface area contributed by atoms with Crippen LogP contribution in [0.1, 0.15) is 25.8 Å². The first-order valence-corrected chi connectivity index (χ1v) is 8.16. The van der Waals surface area contributed by atoms with Crippen LogP contribution in [-0.4, -0.2) is 53.3 Å². The van der Waals surface area contributed by atoms with E-state index >= 15 is 0 Å². The molecule has 1 aromatic carbocycles. The molecule has 2 N–H and O–H groups in total. The molecule has 0 saturated carbocycles. The van der Waals surface area contributed by atoms with Crippen molar-refractivity contribution < 1.29 is 24.5 Å². The van der Waals surface area contributed by atoms with Gasteiger partial charge in [0.25, 0.3) is 0 Å². The van der Waals surface area contributed by atoms with Gasteiger partial charge in [-0.25, -0.2) is 9.59 Å². The highest BCUT2D eigenvalue weighted by Gasteiger charge is 2.21. The molecule has 0 radical (unpaired) electrons. The van der Waals surface area contributed by atoms with Crippen LogP contribution in [0.25, 0.3) is 0 Å². The van der Waals surface area contributed by atoms with Crippen molar-refractivity contribution in [1.29, 1.82) is 0 Å². The Bertz CT molecular complexity index is 524. The summed E-state index contributed by atoms with van der Waals surface area (Å²) in [4.78, 5) is 20.7. The highest BCUT2D eigenvalue weighted by atomic mass is 16.5. The third kappa shape index (κ3) is 7.97. The summed E-state index contributed by atoms with van der Waals surface area (Å²) in [5.74, 6) is -1.00. The molecule has 1 fully saturated rings. The smallest absolute Gasteiger partial charge is 0.414 e. The van der Waals surface area contributed by atoms with E-state index in [0.29, 0.717) is 0 Å². The van der Waals surface area contributed by atoms with Crippen LogP contribution < -0.4 is 4.74 Å². The second-order valence-corrected chi connectivity index (χ2v) is 6.48. The van der Waals surface area contributed by atoms with Crippen molar-refractivity contribution in [1.82, 2.24) is 4.90 Å². The van der Waals surface area contributed by atoms with Crippen LogP contribution in [0.4, 0.5) is 0 Å². The molecule has 2 atom stereocenters. The number of aliphatic carboxylic acids is 2. The molecule has 2 rings (SSSR count). The molecule has 6 nitrogen and oxygen atoms in total. The van der Waals surface area contributed by atoms with E-state index in [9.17, 15) is 0 Å². The number of carboxylic acids is 2. The minimum absolute atomic E-state index is 0.795. The number of ether oxygens (including phenoxy) is 1. The van der Waals surface area contributed by atoms with Gasteiger partial charge in [0, 0.05) is 19.6 Å². The monoisotopic (exact) mass is 337 g/mol. The van der Waals surface area contributed by atoms with Crippen LogP contribution in [0.3, 0.4) is 0 Å². The van der Waals surface area contributed by atoms with Crippen molar-refractivity contribution in [2.75, 3.05) is 26.2 Å². The van der Waals surface area contributed by atoms with E-state index < -0.39 is 11.9 Å². The average Bonchev–Trinajstić information content (AvgIpc) is 2.47. The highest BCUT2D eigenvalue weighted by Crippen LogP contribution is 2.20. The number of likely N-dealkylation sites (tertiary alicyclic amines) is 1. The largest absolute Gasteiger partial charge is 0.492 e. The van der Waals surface area contributed by atoms with Crippen molar-refractivity contribution in [2.45, 2.75) is 27.2 Å². The third-order valence-corrected chi connectivity index (χ3v) is 3.79. The van der Waals surface area contributed by atoms with E-state index in [4.69, 9.17) is 24.5 Å². The van der Waals surface area contributed by atoms with Crippen LogP contribution in [0.5, 0.6) is 5.75 Å². The molecule has 0 bridgehead atoms. The number of piperidine rings is 1. The zero-order chi connectivity index (χ0) is 18.1. The molecule has 1 aromatic rings. The summed E-state index contributed by atoms with van der Waals surface area (Å²) < 4.78 is 5.82. The number of hydrogen-bond donors (Lipinski definition) is 2. The summed E-state index contributed by atoms with van der Waals surface area (Å²) in [6.07, 6.45) is 1.37. The van der Waals surface area contributed by atoms with Crippen molar-refractivity contribution in [3.05, 3.63) is 29.8 Å². The van der Waals surface area contributed by atoms with E-state index in [1.807, 2.05) is 6.07 Å². The van der Waals surface area contributed by atoms with Gasteiger partial charge >= 0.3 is 11.9 Å². The molecule has 0 aliphatic carbocycles. The summed E-state index contributed by atoms with van der Waals surface area (Å²) >= 11 is 0. The van der Waals surface area contributed by atoms with Crippen LogP contribution in [0.15, 0.2) is 24.3 Å². The number of nitrogens with zero attached hydrogens (tertiary/aromatic N) is 1. The summed E-state index contributed by atoms with van der Waals surface area (Å²) in [6, 6.07) is 8.28. The Hall–Kier alpha value is -2.08. The molecule has 0 amide bonds. The Morgan fingerprint density at radius 3 is 2.25 bits per heavy atom. The normalized spacial score (nSPS) is 20.6. The summed E-state index contributed by atoms with van der Waals surface area (Å²) in [5.41, 5.74) is 1.26. The summed E-state index contributed by atoms with van der Waals surface area (Å²) in [6.45, 7) is 11.1. The Morgan fingerprint density at radius 2 is 1.75 bits per heavy atom. The molecule has 6 heteroatoms. The van der Waals surface area contributed by atoms with E-state index in [-0.39, 0.29) is 0 Å². The third-order valence-electron chi connectivity index (χ3n) is 3.79. The molecule has 1 aliphatic rings. The predicted molar refractivity (Wildman–Crippen MR) is 91.3 cm³/mol. The van der Waals surface area contributed by atoms with Crippen LogP contribution in [0.2, 0.25) is 0 Å². The lowest BCUT2D eigenvalue weighted by Crippen LogP contribution is -2.40. The fourth-order valence-electron chi connectivity index (χ4n) is 2.97. The van der Waals surface area contributed by atoms with Crippen molar-refractivity contribution >= 4 is 11.9 Å². The van der Waals surface area contributed by atoms with Gasteiger partial charge in [-0.05, 0) is 42.9 Å². The first-order valence-electron chi connectivity index (χ1n) is 8.16. The van der Waals surface area contributed by atoms with E-state index in [1.165, 1.54) is 25.1 Å². The van der Waals surface area contributed by atoms with Crippen molar-refractivity contribution in [2.24, 2.45) is 11.8 Å². The maximum absolute atomic E-state index is 9.10. The second-order valence-electron chi connectivity index (χ2n) is 6.48. The highest BCUT2D eigenvalue weighted by molar-refractivity contribution is 6.27. The van der Waals surface area contributed by atoms with E-state index in [1.54, 1.807) is 0 Å². The van der Waals surface area contributed by atoms with Crippen LogP contribution >= 0.6 is 0 Å². The summed E-state index contributed by atoms with van der Waals surface area (Å²) in [7, 11) is 0. The van der Waals surface area contributed by atoms with Crippen molar-refractivity contribution in [3.63, 3.8) is 0 Å². The van der Waals surface area contributed by atoms with E-state index in [2.05, 4.69) is 43.9 Å². The first kappa shape index (κ1) is 20.0. The molecule has 134 valence electrons. The van der Waals surface area contributed by atoms with E-state index in [0.717, 1.165) is 30.7 Å². The Labute approximate surface area is 143 Å². The molecule has 24 heavy (non-hydrogen) atoms. The maximum Gasteiger partial charge on any atom is 0.414 e. The van der Waals surface area contributed by atoms with Gasteiger partial charge in [-0.15, -0.1) is 0 Å². The van der Waals surface area contributed by atoms with Gasteiger partial charge in [0.2, 0.25) is 0 Å². The topological polar surface area (TPSA) is 87.1 Å². The average molecular weight is 337 g/mol. The zero-order valence-corrected chi connectivity index (χ0v) is 14.6. The van der Waals surface area contributed by atoms with Gasteiger partial charge in [-0.1, -0.05) is 26.0 Å². The molecular weight excluding hydrogens is 310 g/mol. The SMILES string of the molecule is Cc1cccc(OCCN2CC(C)CC(C)C2)c1.O=C(O)C(=O)O. The number of carboxylic acid groups (broad SMARTS) is 2. The second kappa shape index (κ2) is 9.93. The fraction of sp³-hybridized carbons (Fsp3) is 0.556. The van der Waals surface area contributed by atoms with Crippen molar-refractivity contribution in [3.8, 4) is 5.75 Å². The summed E-state index contributed by atoms with van der Waals surface area (Å²) in [5, 5.41) is 14.8. The number of aryl methyl sites for hydroxylation is 1. The Kier molecular flexibility index (Phi) is 8.26. The van der Waals surface area contributed by atoms with Gasteiger partial charge in [0.05, 0.1) is 0 Å². The first-order chi connectivity index (χ1) is 11.3. The van der Waals surface area contributed by atoms with Gasteiger partial charge in [0.1, 0.15) is 12.4 Å². The standard InChI is InChI=1S/C16H25NO.C2H2O4/c1-13-5-4-6-16(10-13)18-8-7-17-11-14(2)9-15(3)12-17;3-1(4)2(5)6/h4-6,10,14-15H,7-9,11-12H2,1-3H3;(H,3,4)(H,5,6). The van der Waals surface area contributed by atoms with Gasteiger partial charge in [0.15, 0.2) is 0 Å². The lowest BCUT2D eigenvalue weighted by Gasteiger charge is -2.34. The lowest BCUT2D eigenvalue weighted by atomic mass is 9.92. The lowest BCUT2D eigenvalue weighted by molar-refractivity contribution is -0.159. The van der Waals surface area contributed by atoms with Crippen LogP contribution in [-0.2, 0) is 9.59 Å². The molecule has 1 saturated heterocycles. The molecule has 0 spiro atoms. The number of hydrogen-bond acceptors (Lipinski definition) is 4. The molecule has 0 aromatic heterocycles. The fourth-order valence-corrected chi connectivity index (χ4v) is 2.97. The van der Waals surface area contributed by atoms with Gasteiger partial charge in [-0.3, -0.25) is 4.90 Å². The molecule has 2 unspecified atom stereocenters. The molecule has 1 aliphatic heterocycles. The quantitative estimate of drug-likeness (QED) is 0.821. The zero-order valence-electron chi connectivity index (χ0n) is 14.6. The maximum atomic E-state index is 9.10. The Morgan fingerprint density at radius 1 is 1.17 bits per heavy atom. The number of rotatable bonds is 4. The molecular formula is C18H27NO5. The number of carbonyl (C=O) groups is 2. The minimum atomic E-state index is -1.82. The predicted octanol–water partition coefficient (Wildman–Crippen LogP) is 2.51.